The van der Waals surface area contributed by atoms with Gasteiger partial charge in [0.25, 0.3) is 5.91 Å². The van der Waals surface area contributed by atoms with Gasteiger partial charge in [-0.2, -0.15) is 5.10 Å². The van der Waals surface area contributed by atoms with E-state index in [-0.39, 0.29) is 11.7 Å². The summed E-state index contributed by atoms with van der Waals surface area (Å²) >= 11 is 5.00. The highest BCUT2D eigenvalue weighted by Crippen LogP contribution is 2.23. The smallest absolute Gasteiger partial charge is 0.274 e. The molecule has 2 aromatic heterocycles. The quantitative estimate of drug-likeness (QED) is 0.668. The largest absolute Gasteiger partial charge is 0.335 e. The number of carbonyl (C=O) groups is 1. The third kappa shape index (κ3) is 3.68. The van der Waals surface area contributed by atoms with Crippen LogP contribution in [0, 0.1) is 5.82 Å². The third-order valence-electron chi connectivity index (χ3n) is 3.25. The summed E-state index contributed by atoms with van der Waals surface area (Å²) in [6, 6.07) is 11.6. The van der Waals surface area contributed by atoms with E-state index in [9.17, 15) is 9.18 Å². The Morgan fingerprint density at radius 3 is 2.87 bits per heavy atom. The minimum atomic E-state index is -0.341. The van der Waals surface area contributed by atoms with Crippen LogP contribution in [0.25, 0.3) is 5.69 Å². The molecule has 0 aliphatic rings. The first kappa shape index (κ1) is 15.9. The topological polar surface area (TPSA) is 38.1 Å². The number of hydrogen-bond donors (Lipinski definition) is 0. The second-order valence-electron chi connectivity index (χ2n) is 4.99. The number of nitrogens with zero attached hydrogens (tertiary/aromatic N) is 3. The van der Waals surface area contributed by atoms with Crippen molar-refractivity contribution in [3.05, 3.63) is 68.8 Å². The van der Waals surface area contributed by atoms with Gasteiger partial charge in [0.15, 0.2) is 5.69 Å². The average Bonchev–Trinajstić information content (AvgIpc) is 3.16. The monoisotopic (exact) mass is 393 g/mol. The second kappa shape index (κ2) is 6.64. The molecule has 7 heteroatoms. The van der Waals surface area contributed by atoms with Crippen LogP contribution in [-0.2, 0) is 6.54 Å². The maximum Gasteiger partial charge on any atom is 0.274 e. The van der Waals surface area contributed by atoms with Crippen molar-refractivity contribution in [2.24, 2.45) is 0 Å². The van der Waals surface area contributed by atoms with Crippen molar-refractivity contribution in [1.29, 1.82) is 0 Å². The van der Waals surface area contributed by atoms with Gasteiger partial charge in [0, 0.05) is 18.1 Å². The summed E-state index contributed by atoms with van der Waals surface area (Å²) in [7, 11) is 1.73. The van der Waals surface area contributed by atoms with Gasteiger partial charge in [-0.25, -0.2) is 9.07 Å². The van der Waals surface area contributed by atoms with E-state index in [1.807, 2.05) is 12.1 Å². The number of carbonyl (C=O) groups excluding carboxylic acids is 1. The Morgan fingerprint density at radius 2 is 2.17 bits per heavy atom. The maximum absolute atomic E-state index is 13.3. The predicted octanol–water partition coefficient (Wildman–Crippen LogP) is 4.11. The highest BCUT2D eigenvalue weighted by atomic mass is 79.9. The highest BCUT2D eigenvalue weighted by Gasteiger charge is 2.16. The molecule has 3 aromatic rings. The molecule has 1 amide bonds. The molecule has 0 spiro atoms. The third-order valence-corrected chi connectivity index (χ3v) is 4.86. The fourth-order valence-electron chi connectivity index (χ4n) is 2.14. The summed E-state index contributed by atoms with van der Waals surface area (Å²) in [5.74, 6) is -0.518. The van der Waals surface area contributed by atoms with E-state index >= 15 is 0 Å². The molecule has 4 nitrogen and oxygen atoms in total. The van der Waals surface area contributed by atoms with Crippen LogP contribution < -0.4 is 0 Å². The van der Waals surface area contributed by atoms with Gasteiger partial charge >= 0.3 is 0 Å². The summed E-state index contributed by atoms with van der Waals surface area (Å²) in [6.45, 7) is 0.516. The molecule has 0 unspecified atom stereocenters. The van der Waals surface area contributed by atoms with Gasteiger partial charge < -0.3 is 4.90 Å². The molecule has 0 N–H and O–H groups in total. The number of aromatic nitrogens is 2. The van der Waals surface area contributed by atoms with Gasteiger partial charge in [-0.3, -0.25) is 4.79 Å². The Hall–Kier alpha value is -1.99. The van der Waals surface area contributed by atoms with Gasteiger partial charge in [0.1, 0.15) is 5.82 Å². The zero-order valence-electron chi connectivity index (χ0n) is 12.2. The summed E-state index contributed by atoms with van der Waals surface area (Å²) in [5.41, 5.74) is 0.904. The van der Waals surface area contributed by atoms with Crippen LogP contribution in [0.4, 0.5) is 4.39 Å². The van der Waals surface area contributed by atoms with E-state index < -0.39 is 0 Å². The fourth-order valence-corrected chi connectivity index (χ4v) is 3.68. The van der Waals surface area contributed by atoms with Crippen LogP contribution in [0.2, 0.25) is 0 Å². The minimum Gasteiger partial charge on any atom is -0.335 e. The van der Waals surface area contributed by atoms with Crippen molar-refractivity contribution in [1.82, 2.24) is 14.7 Å². The normalized spacial score (nSPS) is 10.7. The second-order valence-corrected chi connectivity index (χ2v) is 7.54. The lowest BCUT2D eigenvalue weighted by atomic mass is 10.3. The molecule has 0 fully saturated rings. The number of benzene rings is 1. The van der Waals surface area contributed by atoms with E-state index in [2.05, 4.69) is 21.0 Å². The first-order valence-corrected chi connectivity index (χ1v) is 8.45. The molecular formula is C16H13BrFN3OS. The average molecular weight is 394 g/mol. The summed E-state index contributed by atoms with van der Waals surface area (Å²) < 4.78 is 15.8. The number of thiophene rings is 1. The van der Waals surface area contributed by atoms with E-state index in [4.69, 9.17) is 0 Å². The molecule has 0 atom stereocenters. The Balaban J connectivity index is 1.75. The summed E-state index contributed by atoms with van der Waals surface area (Å²) in [4.78, 5) is 15.1. The lowest BCUT2D eigenvalue weighted by Gasteiger charge is -2.14. The molecular weight excluding hydrogens is 381 g/mol. The summed E-state index contributed by atoms with van der Waals surface area (Å²) in [6.07, 6.45) is 1.65. The lowest BCUT2D eigenvalue weighted by molar-refractivity contribution is 0.0780. The van der Waals surface area contributed by atoms with Crippen LogP contribution in [-0.4, -0.2) is 27.6 Å². The molecule has 0 aliphatic carbocycles. The Bertz CT molecular complexity index is 845. The van der Waals surface area contributed by atoms with E-state index in [1.54, 1.807) is 47.7 Å². The lowest BCUT2D eigenvalue weighted by Crippen LogP contribution is -2.26. The Morgan fingerprint density at radius 1 is 1.35 bits per heavy atom. The van der Waals surface area contributed by atoms with Crippen molar-refractivity contribution >= 4 is 33.2 Å². The van der Waals surface area contributed by atoms with Crippen molar-refractivity contribution in [2.75, 3.05) is 7.05 Å². The van der Waals surface area contributed by atoms with Crippen LogP contribution in [0.1, 0.15) is 15.4 Å². The van der Waals surface area contributed by atoms with Gasteiger partial charge in [0.2, 0.25) is 0 Å². The molecule has 0 saturated heterocycles. The van der Waals surface area contributed by atoms with Crippen molar-refractivity contribution in [2.45, 2.75) is 6.54 Å². The Labute approximate surface area is 145 Å². The van der Waals surface area contributed by atoms with Crippen LogP contribution in [0.15, 0.2) is 52.4 Å². The van der Waals surface area contributed by atoms with Crippen molar-refractivity contribution < 1.29 is 9.18 Å². The molecule has 3 rings (SSSR count). The minimum absolute atomic E-state index is 0.176. The first-order chi connectivity index (χ1) is 11.0. The maximum atomic E-state index is 13.3. The van der Waals surface area contributed by atoms with Crippen LogP contribution >= 0.6 is 27.3 Å². The number of halogens is 2. The molecule has 0 bridgehead atoms. The number of rotatable bonds is 4. The Kier molecular flexibility index (Phi) is 4.58. The van der Waals surface area contributed by atoms with Gasteiger partial charge in [-0.1, -0.05) is 6.07 Å². The molecule has 0 radical (unpaired) electrons. The number of hydrogen-bond acceptors (Lipinski definition) is 3. The number of amides is 1. The van der Waals surface area contributed by atoms with Gasteiger partial charge in [0.05, 0.1) is 16.0 Å². The molecule has 23 heavy (non-hydrogen) atoms. The van der Waals surface area contributed by atoms with Crippen LogP contribution in [0.3, 0.4) is 0 Å². The molecule has 0 aliphatic heterocycles. The molecule has 118 valence electrons. The van der Waals surface area contributed by atoms with Gasteiger partial charge in [-0.15, -0.1) is 11.3 Å². The van der Waals surface area contributed by atoms with Crippen molar-refractivity contribution in [3.8, 4) is 5.69 Å². The summed E-state index contributed by atoms with van der Waals surface area (Å²) in [5, 5.41) is 4.24. The van der Waals surface area contributed by atoms with E-state index in [1.165, 1.54) is 16.8 Å². The fraction of sp³-hybridized carbons (Fsp3) is 0.125. The predicted molar refractivity (Wildman–Crippen MR) is 91.3 cm³/mol. The highest BCUT2D eigenvalue weighted by molar-refractivity contribution is 9.11. The SMILES string of the molecule is CN(Cc1ccc(Br)s1)C(=O)c1ccn(-c2cccc(F)c2)n1. The first-order valence-electron chi connectivity index (χ1n) is 6.84. The zero-order valence-corrected chi connectivity index (χ0v) is 14.6. The van der Waals surface area contributed by atoms with Crippen LogP contribution in [0.5, 0.6) is 0 Å². The molecule has 2 heterocycles. The molecule has 0 saturated carbocycles. The van der Waals surface area contributed by atoms with E-state index in [0.717, 1.165) is 8.66 Å². The van der Waals surface area contributed by atoms with Gasteiger partial charge in [-0.05, 0) is 52.3 Å². The van der Waals surface area contributed by atoms with E-state index in [0.29, 0.717) is 17.9 Å². The molecule has 1 aromatic carbocycles. The standard InChI is InChI=1S/C16H13BrFN3OS/c1-20(10-13-5-6-15(17)23-13)16(22)14-7-8-21(19-14)12-4-2-3-11(18)9-12/h2-9H,10H2,1H3. The zero-order chi connectivity index (χ0) is 16.4. The van der Waals surface area contributed by atoms with Crippen molar-refractivity contribution in [3.63, 3.8) is 0 Å².